The molecule has 6 heteroatoms. The van der Waals surface area contributed by atoms with Gasteiger partial charge in [-0.15, -0.1) is 0 Å². The molecule has 0 fully saturated rings. The molecule has 0 aliphatic rings. The molecule has 0 bridgehead atoms. The Balaban J connectivity index is 4.15. The largest absolute Gasteiger partial charge is 0.462 e. The fourth-order valence-electron chi connectivity index (χ4n) is 11.2. The highest BCUT2D eigenvalue weighted by atomic mass is 16.6. The Labute approximate surface area is 518 Å². The van der Waals surface area contributed by atoms with Gasteiger partial charge in [-0.2, -0.15) is 0 Å². The smallest absolute Gasteiger partial charge is 0.306 e. The molecule has 0 aliphatic carbocycles. The highest BCUT2D eigenvalue weighted by Crippen LogP contribution is 2.19. The van der Waals surface area contributed by atoms with Gasteiger partial charge in [-0.3, -0.25) is 14.4 Å². The zero-order chi connectivity index (χ0) is 59.9. The molecule has 486 valence electrons. The number of rotatable bonds is 69. The monoisotopic (exact) mass is 1160 g/mol. The van der Waals surface area contributed by atoms with Gasteiger partial charge in [0.15, 0.2) is 6.10 Å². The van der Waals surface area contributed by atoms with Crippen molar-refractivity contribution in [2.45, 2.75) is 412 Å². The first-order chi connectivity index (χ1) is 41.0. The average molecular weight is 1160 g/mol. The van der Waals surface area contributed by atoms with Crippen LogP contribution in [-0.4, -0.2) is 37.2 Å². The van der Waals surface area contributed by atoms with E-state index in [1.807, 2.05) is 0 Å². The third kappa shape index (κ3) is 70.0. The predicted octanol–water partition coefficient (Wildman–Crippen LogP) is 25.7. The van der Waals surface area contributed by atoms with Crippen LogP contribution in [0, 0.1) is 0 Å². The molecule has 0 heterocycles. The maximum Gasteiger partial charge on any atom is 0.306 e. The molecule has 6 nitrogen and oxygen atoms in total. The standard InChI is InChI=1S/C77H142O6/c1-4-7-10-13-16-19-22-25-28-31-32-33-34-35-36-37-38-39-40-41-42-43-44-45-46-47-50-52-55-58-61-64-67-70-76(79)82-73-74(83-77(80)71-68-65-62-59-56-53-49-30-27-24-21-18-15-12-9-6-3)72-81-75(78)69-66-63-60-57-54-51-48-29-26-23-20-17-14-11-8-5-2/h21-22,24-25,30-32,49,74H,4-20,23,26-29,33-48,50-73H2,1-3H3/b24-21-,25-22-,32-31-,49-30-. The van der Waals surface area contributed by atoms with E-state index < -0.39 is 6.10 Å². The van der Waals surface area contributed by atoms with Crippen molar-refractivity contribution in [3.05, 3.63) is 48.6 Å². The minimum atomic E-state index is -0.778. The fourth-order valence-corrected chi connectivity index (χ4v) is 11.2. The molecule has 0 amide bonds. The van der Waals surface area contributed by atoms with Crippen molar-refractivity contribution in [1.82, 2.24) is 0 Å². The quantitative estimate of drug-likeness (QED) is 0.0261. The first-order valence-corrected chi connectivity index (χ1v) is 37.1. The molecule has 0 aromatic heterocycles. The Hall–Kier alpha value is -2.63. The molecule has 0 N–H and O–H groups in total. The Morgan fingerprint density at radius 2 is 0.434 bits per heavy atom. The van der Waals surface area contributed by atoms with Gasteiger partial charge in [-0.05, 0) is 83.5 Å². The number of hydrogen-bond acceptors (Lipinski definition) is 6. The highest BCUT2D eigenvalue weighted by Gasteiger charge is 2.19. The third-order valence-electron chi connectivity index (χ3n) is 16.8. The van der Waals surface area contributed by atoms with Gasteiger partial charge < -0.3 is 14.2 Å². The highest BCUT2D eigenvalue weighted by molar-refractivity contribution is 5.71. The minimum Gasteiger partial charge on any atom is -0.462 e. The predicted molar refractivity (Wildman–Crippen MR) is 362 cm³/mol. The van der Waals surface area contributed by atoms with Crippen LogP contribution in [0.3, 0.4) is 0 Å². The second-order valence-electron chi connectivity index (χ2n) is 25.2. The van der Waals surface area contributed by atoms with Crippen molar-refractivity contribution < 1.29 is 28.6 Å². The van der Waals surface area contributed by atoms with Crippen LogP contribution in [0.15, 0.2) is 48.6 Å². The zero-order valence-corrected chi connectivity index (χ0v) is 56.0. The Morgan fingerprint density at radius 1 is 0.241 bits per heavy atom. The van der Waals surface area contributed by atoms with E-state index in [0.717, 1.165) is 89.9 Å². The molecular formula is C77H142O6. The van der Waals surface area contributed by atoms with E-state index in [9.17, 15) is 14.4 Å². The summed E-state index contributed by atoms with van der Waals surface area (Å²) in [6, 6.07) is 0. The Morgan fingerprint density at radius 3 is 0.675 bits per heavy atom. The molecule has 0 aliphatic heterocycles. The lowest BCUT2D eigenvalue weighted by molar-refractivity contribution is -0.167. The number of ether oxygens (including phenoxy) is 3. The molecule has 0 saturated heterocycles. The molecule has 0 aromatic rings. The summed E-state index contributed by atoms with van der Waals surface area (Å²) in [6.45, 7) is 6.67. The second-order valence-corrected chi connectivity index (χ2v) is 25.2. The molecule has 83 heavy (non-hydrogen) atoms. The molecule has 0 rings (SSSR count). The van der Waals surface area contributed by atoms with E-state index in [0.29, 0.717) is 19.3 Å². The summed E-state index contributed by atoms with van der Waals surface area (Å²) in [7, 11) is 0. The number of carbonyl (C=O) groups excluding carboxylic acids is 3. The van der Waals surface area contributed by atoms with Crippen LogP contribution in [0.4, 0.5) is 0 Å². The van der Waals surface area contributed by atoms with Gasteiger partial charge in [0.05, 0.1) is 0 Å². The summed E-state index contributed by atoms with van der Waals surface area (Å²) in [5.41, 5.74) is 0. The van der Waals surface area contributed by atoms with Crippen molar-refractivity contribution in [3.8, 4) is 0 Å². The van der Waals surface area contributed by atoms with Gasteiger partial charge in [-0.1, -0.05) is 352 Å². The number of unbranched alkanes of at least 4 members (excludes halogenated alkanes) is 50. The van der Waals surface area contributed by atoms with Crippen LogP contribution in [-0.2, 0) is 28.6 Å². The van der Waals surface area contributed by atoms with E-state index in [4.69, 9.17) is 14.2 Å². The molecule has 1 unspecified atom stereocenters. The Kier molecular flexibility index (Phi) is 69.6. The lowest BCUT2D eigenvalue weighted by Gasteiger charge is -2.18. The summed E-state index contributed by atoms with van der Waals surface area (Å²) in [5, 5.41) is 0. The SMILES string of the molecule is CCCCCC/C=C\C/C=C\CCCCCCCC(=O)OC(COC(=O)CCCCCCCCCCCCCCCCCC)COC(=O)CCCCCCCCCCCCCCCCCCCCCCC/C=C\C/C=C\CCCCCCC. The van der Waals surface area contributed by atoms with Gasteiger partial charge in [-0.25, -0.2) is 0 Å². The number of esters is 3. The van der Waals surface area contributed by atoms with Crippen molar-refractivity contribution in [2.24, 2.45) is 0 Å². The second kappa shape index (κ2) is 71.8. The third-order valence-corrected chi connectivity index (χ3v) is 16.8. The van der Waals surface area contributed by atoms with E-state index in [2.05, 4.69) is 69.4 Å². The van der Waals surface area contributed by atoms with Crippen LogP contribution in [0.5, 0.6) is 0 Å². The van der Waals surface area contributed by atoms with Crippen LogP contribution < -0.4 is 0 Å². The first kappa shape index (κ1) is 80.4. The van der Waals surface area contributed by atoms with Crippen molar-refractivity contribution >= 4 is 17.9 Å². The van der Waals surface area contributed by atoms with E-state index >= 15 is 0 Å². The van der Waals surface area contributed by atoms with Crippen molar-refractivity contribution in [2.75, 3.05) is 13.2 Å². The number of hydrogen-bond donors (Lipinski definition) is 0. The van der Waals surface area contributed by atoms with Crippen LogP contribution >= 0.6 is 0 Å². The molecule has 0 spiro atoms. The van der Waals surface area contributed by atoms with Crippen molar-refractivity contribution in [1.29, 1.82) is 0 Å². The van der Waals surface area contributed by atoms with Crippen molar-refractivity contribution in [3.63, 3.8) is 0 Å². The fraction of sp³-hybridized carbons (Fsp3) is 0.857. The topological polar surface area (TPSA) is 78.9 Å². The Bertz CT molecular complexity index is 1430. The maximum absolute atomic E-state index is 12.9. The van der Waals surface area contributed by atoms with Gasteiger partial charge in [0.2, 0.25) is 0 Å². The van der Waals surface area contributed by atoms with Crippen LogP contribution in [0.2, 0.25) is 0 Å². The number of allylic oxidation sites excluding steroid dienone is 8. The van der Waals surface area contributed by atoms with Crippen LogP contribution in [0.25, 0.3) is 0 Å². The minimum absolute atomic E-state index is 0.0729. The van der Waals surface area contributed by atoms with Gasteiger partial charge in [0.25, 0.3) is 0 Å². The van der Waals surface area contributed by atoms with Gasteiger partial charge >= 0.3 is 17.9 Å². The number of carbonyl (C=O) groups is 3. The summed E-state index contributed by atoms with van der Waals surface area (Å²) >= 11 is 0. The van der Waals surface area contributed by atoms with E-state index in [1.165, 1.54) is 276 Å². The zero-order valence-electron chi connectivity index (χ0n) is 56.0. The maximum atomic E-state index is 12.9. The summed E-state index contributed by atoms with van der Waals surface area (Å²) < 4.78 is 17.0. The van der Waals surface area contributed by atoms with Gasteiger partial charge in [0, 0.05) is 19.3 Å². The lowest BCUT2D eigenvalue weighted by Crippen LogP contribution is -2.30. The lowest BCUT2D eigenvalue weighted by atomic mass is 10.0. The van der Waals surface area contributed by atoms with Gasteiger partial charge in [0.1, 0.15) is 13.2 Å². The summed E-state index contributed by atoms with van der Waals surface area (Å²) in [5.74, 6) is -0.857. The molecule has 0 aromatic carbocycles. The molecular weight excluding hydrogens is 1020 g/mol. The average Bonchev–Trinajstić information content (AvgIpc) is 3.50. The normalized spacial score (nSPS) is 12.3. The van der Waals surface area contributed by atoms with E-state index in [1.54, 1.807) is 0 Å². The van der Waals surface area contributed by atoms with Crippen LogP contribution in [0.1, 0.15) is 406 Å². The molecule has 1 atom stereocenters. The molecule has 0 radical (unpaired) electrons. The first-order valence-electron chi connectivity index (χ1n) is 37.1. The molecule has 0 saturated carbocycles. The summed E-state index contributed by atoms with van der Waals surface area (Å²) in [6.07, 6.45) is 91.6. The van der Waals surface area contributed by atoms with E-state index in [-0.39, 0.29) is 31.1 Å². The summed E-state index contributed by atoms with van der Waals surface area (Å²) in [4.78, 5) is 38.4.